The summed E-state index contributed by atoms with van der Waals surface area (Å²) in [5.74, 6) is 0.0739. The highest BCUT2D eigenvalue weighted by Crippen LogP contribution is 2.18. The summed E-state index contributed by atoms with van der Waals surface area (Å²) in [5.41, 5.74) is 10.6. The number of hydrogen-bond donors (Lipinski definition) is 4. The van der Waals surface area contributed by atoms with Gasteiger partial charge in [-0.15, -0.1) is 0 Å². The summed E-state index contributed by atoms with van der Waals surface area (Å²) in [5, 5.41) is 18.7. The van der Waals surface area contributed by atoms with E-state index < -0.39 is 12.2 Å². The van der Waals surface area contributed by atoms with Crippen LogP contribution in [-0.2, 0) is 0 Å². The summed E-state index contributed by atoms with van der Waals surface area (Å²) in [4.78, 5) is 7.44. The third-order valence-electron chi connectivity index (χ3n) is 1.68. The number of nitrogen functional groups attached to an aromatic ring is 1. The molecule has 0 spiro atoms. The van der Waals surface area contributed by atoms with Crippen molar-refractivity contribution in [2.45, 2.75) is 12.2 Å². The molecule has 0 aliphatic rings. The van der Waals surface area contributed by atoms with E-state index in [2.05, 4.69) is 9.97 Å². The summed E-state index contributed by atoms with van der Waals surface area (Å²) in [6.45, 7) is -0.0785. The number of nitrogens with two attached hydrogens (primary N) is 2. The molecule has 6 nitrogen and oxygen atoms in total. The Bertz CT molecular complexity index is 323. The molecule has 6 N–H and O–H groups in total. The smallest absolute Gasteiger partial charge is 0.171 e. The van der Waals surface area contributed by atoms with Crippen LogP contribution in [0.3, 0.4) is 0 Å². The average molecular weight is 219 g/mol. The molecule has 0 aromatic carbocycles. The fraction of sp³-hybridized carbons (Fsp3) is 0.429. The van der Waals surface area contributed by atoms with E-state index in [1.54, 1.807) is 0 Å². The molecule has 0 radical (unpaired) electrons. The van der Waals surface area contributed by atoms with Crippen LogP contribution in [0.25, 0.3) is 0 Å². The number of anilines is 1. The number of rotatable bonds is 3. The van der Waals surface area contributed by atoms with Crippen LogP contribution in [-0.4, -0.2) is 32.8 Å². The maximum absolute atomic E-state index is 9.47. The van der Waals surface area contributed by atoms with Crippen molar-refractivity contribution in [3.05, 3.63) is 17.0 Å². The second-order valence-electron chi connectivity index (χ2n) is 2.72. The maximum Gasteiger partial charge on any atom is 0.171 e. The number of halogens is 1. The van der Waals surface area contributed by atoms with E-state index in [0.717, 1.165) is 0 Å². The van der Waals surface area contributed by atoms with Gasteiger partial charge in [0.15, 0.2) is 11.0 Å². The second-order valence-corrected chi connectivity index (χ2v) is 3.08. The van der Waals surface area contributed by atoms with Gasteiger partial charge in [-0.3, -0.25) is 0 Å². The van der Waals surface area contributed by atoms with Crippen molar-refractivity contribution in [2.75, 3.05) is 12.3 Å². The Balaban J connectivity index is 2.91. The van der Waals surface area contributed by atoms with Gasteiger partial charge in [0.25, 0.3) is 0 Å². The highest BCUT2D eigenvalue weighted by molar-refractivity contribution is 6.31. The Morgan fingerprint density at radius 2 is 2.14 bits per heavy atom. The van der Waals surface area contributed by atoms with Crippen LogP contribution in [0, 0.1) is 0 Å². The van der Waals surface area contributed by atoms with Gasteiger partial charge in [0.2, 0.25) is 0 Å². The molecule has 7 heteroatoms. The van der Waals surface area contributed by atoms with Crippen molar-refractivity contribution in [1.82, 2.24) is 9.97 Å². The summed E-state index contributed by atoms with van der Waals surface area (Å²) >= 11 is 5.58. The molecule has 0 saturated carbocycles. The fourth-order valence-electron chi connectivity index (χ4n) is 0.857. The van der Waals surface area contributed by atoms with Gasteiger partial charge in [-0.2, -0.15) is 0 Å². The van der Waals surface area contributed by atoms with E-state index in [4.69, 9.17) is 23.1 Å². The Hall–Kier alpha value is -0.950. The van der Waals surface area contributed by atoms with Gasteiger partial charge in [0.05, 0.1) is 18.0 Å². The summed E-state index contributed by atoms with van der Waals surface area (Å²) in [7, 11) is 0. The summed E-state index contributed by atoms with van der Waals surface area (Å²) in [6.07, 6.45) is -1.06. The number of aliphatic hydroxyl groups is 2. The molecule has 2 unspecified atom stereocenters. The molecular weight excluding hydrogens is 208 g/mol. The molecule has 0 aliphatic carbocycles. The van der Waals surface area contributed by atoms with Crippen LogP contribution >= 0.6 is 11.6 Å². The first-order chi connectivity index (χ1) is 6.56. The molecule has 0 saturated heterocycles. The van der Waals surface area contributed by atoms with Gasteiger partial charge in [-0.05, 0) is 0 Å². The molecule has 0 amide bonds. The lowest BCUT2D eigenvalue weighted by atomic mass is 10.1. The third-order valence-corrected chi connectivity index (χ3v) is 1.96. The van der Waals surface area contributed by atoms with Crippen molar-refractivity contribution in [3.63, 3.8) is 0 Å². The van der Waals surface area contributed by atoms with Crippen molar-refractivity contribution in [2.24, 2.45) is 5.73 Å². The van der Waals surface area contributed by atoms with E-state index >= 15 is 0 Å². The molecule has 1 aromatic rings. The molecule has 0 fully saturated rings. The Labute approximate surface area is 85.5 Å². The second kappa shape index (κ2) is 4.52. The van der Waals surface area contributed by atoms with Crippen molar-refractivity contribution < 1.29 is 10.2 Å². The van der Waals surface area contributed by atoms with E-state index in [-0.39, 0.29) is 23.2 Å². The Kier molecular flexibility index (Phi) is 3.59. The molecule has 1 rings (SSSR count). The SMILES string of the molecule is NCC(O)C(O)c1cnc(N)c(Cl)n1. The predicted octanol–water partition coefficient (Wildman–Crippen LogP) is -0.935. The molecule has 0 aliphatic heterocycles. The normalized spacial score (nSPS) is 15.1. The topological polar surface area (TPSA) is 118 Å². The number of aliphatic hydroxyl groups excluding tert-OH is 2. The Morgan fingerprint density at radius 1 is 1.50 bits per heavy atom. The first-order valence-corrected chi connectivity index (χ1v) is 4.28. The van der Waals surface area contributed by atoms with E-state index in [1.165, 1.54) is 6.20 Å². The zero-order chi connectivity index (χ0) is 10.7. The standard InChI is InChI=1S/C7H11ClN4O2/c8-6-7(10)11-2-3(12-6)5(14)4(13)1-9/h2,4-5,13-14H,1,9H2,(H2,10,11). The molecule has 1 aromatic heterocycles. The third kappa shape index (κ3) is 2.30. The average Bonchev–Trinajstić information content (AvgIpc) is 2.20. The molecule has 78 valence electrons. The van der Waals surface area contributed by atoms with Gasteiger partial charge in [-0.25, -0.2) is 9.97 Å². The molecule has 1 heterocycles. The van der Waals surface area contributed by atoms with E-state index in [1.807, 2.05) is 0 Å². The monoisotopic (exact) mass is 218 g/mol. The first kappa shape index (κ1) is 11.1. The fourth-order valence-corrected chi connectivity index (χ4v) is 1.00. The lowest BCUT2D eigenvalue weighted by Gasteiger charge is -2.15. The summed E-state index contributed by atoms with van der Waals surface area (Å²) < 4.78 is 0. The quantitative estimate of drug-likeness (QED) is 0.520. The minimum atomic E-state index is -1.20. The zero-order valence-electron chi connectivity index (χ0n) is 7.26. The van der Waals surface area contributed by atoms with Gasteiger partial charge in [0.1, 0.15) is 6.10 Å². The van der Waals surface area contributed by atoms with Gasteiger partial charge in [0, 0.05) is 6.54 Å². The van der Waals surface area contributed by atoms with Crippen LogP contribution in [0.1, 0.15) is 11.8 Å². The largest absolute Gasteiger partial charge is 0.389 e. The zero-order valence-corrected chi connectivity index (χ0v) is 8.02. The minimum Gasteiger partial charge on any atom is -0.389 e. The van der Waals surface area contributed by atoms with Crippen molar-refractivity contribution in [1.29, 1.82) is 0 Å². The number of hydrogen-bond acceptors (Lipinski definition) is 6. The highest BCUT2D eigenvalue weighted by atomic mass is 35.5. The first-order valence-electron chi connectivity index (χ1n) is 3.90. The lowest BCUT2D eigenvalue weighted by Crippen LogP contribution is -2.27. The van der Waals surface area contributed by atoms with Crippen LogP contribution in [0.5, 0.6) is 0 Å². The Morgan fingerprint density at radius 3 is 2.64 bits per heavy atom. The van der Waals surface area contributed by atoms with Crippen LogP contribution in [0.4, 0.5) is 5.82 Å². The van der Waals surface area contributed by atoms with Crippen LogP contribution in [0.2, 0.25) is 5.15 Å². The van der Waals surface area contributed by atoms with E-state index in [0.29, 0.717) is 0 Å². The summed E-state index contributed by atoms with van der Waals surface area (Å²) in [6, 6.07) is 0. The number of nitrogens with zero attached hydrogens (tertiary/aromatic N) is 2. The maximum atomic E-state index is 9.47. The van der Waals surface area contributed by atoms with Crippen LogP contribution in [0.15, 0.2) is 6.20 Å². The van der Waals surface area contributed by atoms with Crippen molar-refractivity contribution >= 4 is 17.4 Å². The molecule has 14 heavy (non-hydrogen) atoms. The minimum absolute atomic E-state index is 0.00854. The van der Waals surface area contributed by atoms with Gasteiger partial charge < -0.3 is 21.7 Å². The van der Waals surface area contributed by atoms with E-state index in [9.17, 15) is 10.2 Å². The van der Waals surface area contributed by atoms with Crippen LogP contribution < -0.4 is 11.5 Å². The number of aromatic nitrogens is 2. The van der Waals surface area contributed by atoms with Gasteiger partial charge >= 0.3 is 0 Å². The highest BCUT2D eigenvalue weighted by Gasteiger charge is 2.19. The van der Waals surface area contributed by atoms with Crippen molar-refractivity contribution in [3.8, 4) is 0 Å². The van der Waals surface area contributed by atoms with Gasteiger partial charge in [-0.1, -0.05) is 11.6 Å². The molecular formula is C7H11ClN4O2. The molecule has 2 atom stereocenters. The lowest BCUT2D eigenvalue weighted by molar-refractivity contribution is 0.0215. The molecule has 0 bridgehead atoms. The predicted molar refractivity (Wildman–Crippen MR) is 51.5 cm³/mol.